The van der Waals surface area contributed by atoms with Gasteiger partial charge in [0.1, 0.15) is 11.3 Å². The van der Waals surface area contributed by atoms with E-state index >= 15 is 0 Å². The summed E-state index contributed by atoms with van der Waals surface area (Å²) in [6.45, 7) is 0. The number of rotatable bonds is 3. The van der Waals surface area contributed by atoms with Gasteiger partial charge >= 0.3 is 5.97 Å². The first-order chi connectivity index (χ1) is 12.1. The molecule has 25 heavy (non-hydrogen) atoms. The Balaban J connectivity index is 1.76. The molecule has 1 N–H and O–H groups in total. The zero-order valence-electron chi connectivity index (χ0n) is 13.5. The maximum absolute atomic E-state index is 12.4. The number of carboxylic acids is 1. The van der Waals surface area contributed by atoms with Gasteiger partial charge in [0.25, 0.3) is 0 Å². The zero-order chi connectivity index (χ0) is 17.4. The van der Waals surface area contributed by atoms with Crippen LogP contribution in [0.3, 0.4) is 0 Å². The summed E-state index contributed by atoms with van der Waals surface area (Å²) in [6.07, 6.45) is 5.59. The number of aromatic carboxylic acids is 1. The number of carboxylic acid groups (broad SMARTS) is 1. The largest absolute Gasteiger partial charge is 0.872 e. The van der Waals surface area contributed by atoms with E-state index in [-0.39, 0.29) is 11.3 Å². The van der Waals surface area contributed by atoms with E-state index in [2.05, 4.69) is 4.99 Å². The molecule has 126 valence electrons. The molecule has 0 aliphatic heterocycles. The summed E-state index contributed by atoms with van der Waals surface area (Å²) in [5.41, 5.74) is 3.19. The molecule has 5 heteroatoms. The molecule has 4 rings (SSSR count). The predicted octanol–water partition coefficient (Wildman–Crippen LogP) is 3.83. The smallest absolute Gasteiger partial charge is 0.335 e. The maximum atomic E-state index is 12.4. The molecule has 0 saturated heterocycles. The van der Waals surface area contributed by atoms with Crippen molar-refractivity contribution in [3.05, 3.63) is 58.8 Å². The molecular weight excluding hydrogens is 318 g/mol. The number of carbonyl (C=O) groups is 1. The molecule has 0 bridgehead atoms. The fraction of sp³-hybridized carbons (Fsp3) is 0.200. The Bertz CT molecular complexity index is 983. The van der Waals surface area contributed by atoms with E-state index in [1.165, 1.54) is 18.2 Å². The van der Waals surface area contributed by atoms with Gasteiger partial charge < -0.3 is 14.6 Å². The van der Waals surface area contributed by atoms with Crippen LogP contribution in [-0.2, 0) is 12.8 Å². The van der Waals surface area contributed by atoms with Gasteiger partial charge in [-0.3, -0.25) is 4.99 Å². The van der Waals surface area contributed by atoms with Crippen molar-refractivity contribution in [2.45, 2.75) is 25.7 Å². The van der Waals surface area contributed by atoms with Crippen LogP contribution in [0.1, 0.15) is 40.1 Å². The number of hydrogen-bond acceptors (Lipinski definition) is 4. The first kappa shape index (κ1) is 15.4. The lowest BCUT2D eigenvalue weighted by molar-refractivity contribution is -0.268. The van der Waals surface area contributed by atoms with Crippen molar-refractivity contribution in [2.75, 3.05) is 0 Å². The van der Waals surface area contributed by atoms with Crippen molar-refractivity contribution in [2.24, 2.45) is 4.99 Å². The summed E-state index contributed by atoms with van der Waals surface area (Å²) in [4.78, 5) is 15.3. The van der Waals surface area contributed by atoms with Crippen LogP contribution < -0.4 is 5.11 Å². The van der Waals surface area contributed by atoms with Crippen LogP contribution >= 0.6 is 0 Å². The van der Waals surface area contributed by atoms with Crippen molar-refractivity contribution in [1.29, 1.82) is 0 Å². The summed E-state index contributed by atoms with van der Waals surface area (Å²) in [5.74, 6) is -0.0907. The fourth-order valence-electron chi connectivity index (χ4n) is 3.32. The topological polar surface area (TPSA) is 85.9 Å². The first-order valence-electron chi connectivity index (χ1n) is 8.25. The van der Waals surface area contributed by atoms with Crippen molar-refractivity contribution in [3.63, 3.8) is 0 Å². The Hall–Kier alpha value is -3.08. The van der Waals surface area contributed by atoms with Gasteiger partial charge in [0.2, 0.25) is 0 Å². The van der Waals surface area contributed by atoms with E-state index in [1.54, 1.807) is 24.4 Å². The summed E-state index contributed by atoms with van der Waals surface area (Å²) >= 11 is 0. The summed E-state index contributed by atoms with van der Waals surface area (Å²) in [6, 6.07) is 9.47. The molecule has 0 atom stereocenters. The minimum absolute atomic E-state index is 0.0902. The Kier molecular flexibility index (Phi) is 3.76. The monoisotopic (exact) mass is 334 g/mol. The third kappa shape index (κ3) is 2.78. The zero-order valence-corrected chi connectivity index (χ0v) is 13.5. The van der Waals surface area contributed by atoms with E-state index in [9.17, 15) is 9.90 Å². The van der Waals surface area contributed by atoms with Crippen molar-refractivity contribution < 1.29 is 19.4 Å². The molecule has 1 aliphatic carbocycles. The van der Waals surface area contributed by atoms with Crippen LogP contribution in [0.25, 0.3) is 11.0 Å². The molecule has 0 fully saturated rings. The number of nitrogens with zero attached hydrogens (tertiary/aromatic N) is 1. The second-order valence-electron chi connectivity index (χ2n) is 6.17. The Morgan fingerprint density at radius 2 is 1.88 bits per heavy atom. The summed E-state index contributed by atoms with van der Waals surface area (Å²) in [7, 11) is 0. The molecule has 0 amide bonds. The minimum Gasteiger partial charge on any atom is -0.872 e. The van der Waals surface area contributed by atoms with Gasteiger partial charge in [-0.25, -0.2) is 4.79 Å². The number of aliphatic imine (C=N–C) groups is 1. The molecule has 0 spiro atoms. The standard InChI is InChI=1S/C20H17NO4/c22-16-9-10-18-19(14-3-1-2-4-17(14)25-18)15(16)11-21-13-7-5-12(6-8-13)20(23)24/h5-11,22H,1-4H2,(H,23,24)/p-1. The van der Waals surface area contributed by atoms with Gasteiger partial charge in [0.15, 0.2) is 0 Å². The molecule has 1 heterocycles. The summed E-state index contributed by atoms with van der Waals surface area (Å²) in [5, 5.41) is 22.2. The molecular formula is C20H16NO4-. The molecule has 2 aromatic carbocycles. The average Bonchev–Trinajstić information content (AvgIpc) is 3.00. The van der Waals surface area contributed by atoms with Crippen LogP contribution in [0.2, 0.25) is 0 Å². The van der Waals surface area contributed by atoms with Gasteiger partial charge in [-0.2, -0.15) is 0 Å². The van der Waals surface area contributed by atoms with Crippen molar-refractivity contribution in [3.8, 4) is 5.75 Å². The number of hydrogen-bond donors (Lipinski definition) is 1. The Morgan fingerprint density at radius 3 is 2.64 bits per heavy atom. The predicted molar refractivity (Wildman–Crippen MR) is 93.0 cm³/mol. The lowest BCUT2D eigenvalue weighted by Crippen LogP contribution is -2.01. The van der Waals surface area contributed by atoms with E-state index in [0.717, 1.165) is 48.0 Å². The van der Waals surface area contributed by atoms with Gasteiger partial charge in [-0.05, 0) is 55.2 Å². The highest BCUT2D eigenvalue weighted by atomic mass is 16.4. The molecule has 1 aliphatic rings. The lowest BCUT2D eigenvalue weighted by atomic mass is 9.94. The maximum Gasteiger partial charge on any atom is 0.335 e. The number of benzene rings is 2. The number of furan rings is 1. The second kappa shape index (κ2) is 6.09. The minimum atomic E-state index is -0.979. The highest BCUT2D eigenvalue weighted by Gasteiger charge is 2.19. The van der Waals surface area contributed by atoms with Crippen LogP contribution in [0.5, 0.6) is 5.75 Å². The van der Waals surface area contributed by atoms with Crippen LogP contribution in [0.15, 0.2) is 45.8 Å². The van der Waals surface area contributed by atoms with Gasteiger partial charge in [-0.1, -0.05) is 11.8 Å². The van der Waals surface area contributed by atoms with Crippen LogP contribution in [0.4, 0.5) is 5.69 Å². The molecule has 0 radical (unpaired) electrons. The van der Waals surface area contributed by atoms with Crippen molar-refractivity contribution >= 4 is 28.8 Å². The molecule has 0 unspecified atom stereocenters. The fourth-order valence-corrected chi connectivity index (χ4v) is 3.32. The van der Waals surface area contributed by atoms with E-state index in [4.69, 9.17) is 9.52 Å². The van der Waals surface area contributed by atoms with E-state index in [1.807, 2.05) is 0 Å². The van der Waals surface area contributed by atoms with Gasteiger partial charge in [0, 0.05) is 23.6 Å². The van der Waals surface area contributed by atoms with Crippen LogP contribution in [0, 0.1) is 0 Å². The van der Waals surface area contributed by atoms with Gasteiger partial charge in [-0.15, -0.1) is 0 Å². The second-order valence-corrected chi connectivity index (χ2v) is 6.17. The van der Waals surface area contributed by atoms with E-state index < -0.39 is 5.97 Å². The third-order valence-electron chi connectivity index (χ3n) is 4.58. The number of fused-ring (bicyclic) bond motifs is 3. The highest BCUT2D eigenvalue weighted by Crippen LogP contribution is 2.36. The third-order valence-corrected chi connectivity index (χ3v) is 4.58. The normalized spacial score (nSPS) is 14.1. The van der Waals surface area contributed by atoms with Gasteiger partial charge in [0.05, 0.1) is 11.3 Å². The van der Waals surface area contributed by atoms with Crippen molar-refractivity contribution in [1.82, 2.24) is 0 Å². The van der Waals surface area contributed by atoms with Crippen LogP contribution in [-0.4, -0.2) is 17.3 Å². The summed E-state index contributed by atoms with van der Waals surface area (Å²) < 4.78 is 5.91. The SMILES string of the molecule is O=C(O)c1ccc(N=Cc2c([O-])ccc3oc4c(c23)CCCC4)cc1. The Labute approximate surface area is 144 Å². The molecule has 0 saturated carbocycles. The lowest BCUT2D eigenvalue weighted by Gasteiger charge is -2.13. The average molecular weight is 334 g/mol. The molecule has 5 nitrogen and oxygen atoms in total. The molecule has 3 aromatic rings. The first-order valence-corrected chi connectivity index (χ1v) is 8.25. The van der Waals surface area contributed by atoms with E-state index in [0.29, 0.717) is 11.3 Å². The quantitative estimate of drug-likeness (QED) is 0.738. The highest BCUT2D eigenvalue weighted by molar-refractivity contribution is 6.03. The Morgan fingerprint density at radius 1 is 1.12 bits per heavy atom. The molecule has 1 aromatic heterocycles. The number of aryl methyl sites for hydroxylation is 2.